The van der Waals surface area contributed by atoms with Crippen molar-refractivity contribution in [2.75, 3.05) is 17.6 Å². The number of rotatable bonds is 7. The number of nitrogens with zero attached hydrogens (tertiary/aromatic N) is 5. The van der Waals surface area contributed by atoms with Gasteiger partial charge in [0, 0.05) is 36.5 Å². The number of aromatic nitrogens is 3. The van der Waals surface area contributed by atoms with Gasteiger partial charge in [0.05, 0.1) is 0 Å². The number of carbonyl (C=O) groups excluding carboxylic acids is 4. The number of anilines is 1. The molecule has 0 spiro atoms. The highest BCUT2D eigenvalue weighted by atomic mass is 32.2. The van der Waals surface area contributed by atoms with Gasteiger partial charge in [-0.15, -0.1) is 22.0 Å². The fourth-order valence-corrected chi connectivity index (χ4v) is 6.26. The van der Waals surface area contributed by atoms with E-state index in [4.69, 9.17) is 15.6 Å². The number of nitrogens with one attached hydrogen (secondary N) is 1. The van der Waals surface area contributed by atoms with Gasteiger partial charge in [-0.25, -0.2) is 4.79 Å². The van der Waals surface area contributed by atoms with Crippen LogP contribution in [0.1, 0.15) is 17.0 Å². The van der Waals surface area contributed by atoms with Crippen LogP contribution in [0.4, 0.5) is 18.3 Å². The highest BCUT2D eigenvalue weighted by Gasteiger charge is 2.51. The van der Waals surface area contributed by atoms with Gasteiger partial charge in [0.15, 0.2) is 12.4 Å². The van der Waals surface area contributed by atoms with Gasteiger partial charge in [-0.05, 0) is 30.6 Å². The summed E-state index contributed by atoms with van der Waals surface area (Å²) in [5.74, 6) is -4.65. The van der Waals surface area contributed by atoms with E-state index in [2.05, 4.69) is 15.5 Å². The summed E-state index contributed by atoms with van der Waals surface area (Å²) in [6.45, 7) is 2.80. The normalized spacial score (nSPS) is 20.6. The second-order valence-corrected chi connectivity index (χ2v) is 11.9. The number of likely N-dealkylation sites (tertiary alicyclic amines) is 1. The van der Waals surface area contributed by atoms with Crippen LogP contribution in [0.5, 0.6) is 0 Å². The standard InChI is InChI=1S/C23H23N7O5S2.C2HF3O2/c1-12-26-27-23(37-12)25-16(31)10-28-5-2-13(3-6-28)9-29-7-4-14(19(29)32)8-15-11-36-21-17(24)20(33)30(21)18(15)22(34)35;3-2(4,5)1(6)7/h2-3,5-6,8,17,21H,4,7,9-11,24H2,1H3,(H-,25,27,31,34,35);(H,6,7)/b14-8+;/t17-,21-;/m1./s1. The van der Waals surface area contributed by atoms with Crippen molar-refractivity contribution in [3.8, 4) is 0 Å². The highest BCUT2D eigenvalue weighted by Crippen LogP contribution is 2.40. The molecule has 0 aromatic carbocycles. The molecule has 0 saturated carbocycles. The molecular weight excluding hydrogens is 631 g/mol. The number of carbonyl (C=O) groups is 5. The Morgan fingerprint density at radius 3 is 2.48 bits per heavy atom. The number of alkyl halides is 3. The van der Waals surface area contributed by atoms with E-state index in [-0.39, 0.29) is 29.4 Å². The van der Waals surface area contributed by atoms with Crippen LogP contribution >= 0.6 is 23.1 Å². The lowest BCUT2D eigenvalue weighted by atomic mass is 10.0. The van der Waals surface area contributed by atoms with E-state index in [9.17, 15) is 37.5 Å². The van der Waals surface area contributed by atoms with Gasteiger partial charge in [0.1, 0.15) is 28.1 Å². The molecule has 2 aromatic heterocycles. The molecular formula is C25H24F3N7O7S2. The van der Waals surface area contributed by atoms with E-state index in [1.54, 1.807) is 27.9 Å². The topological polar surface area (TPSA) is 203 Å². The second-order valence-electron chi connectivity index (χ2n) is 9.60. The van der Waals surface area contributed by atoms with Crippen molar-refractivity contribution in [1.29, 1.82) is 0 Å². The van der Waals surface area contributed by atoms with Crippen LogP contribution in [-0.2, 0) is 37.1 Å². The number of pyridine rings is 1. The molecule has 5 heterocycles. The summed E-state index contributed by atoms with van der Waals surface area (Å²) < 4.78 is 33.3. The van der Waals surface area contributed by atoms with Crippen LogP contribution in [0.15, 0.2) is 47.4 Å². The summed E-state index contributed by atoms with van der Waals surface area (Å²) in [6.07, 6.45) is 0.440. The fourth-order valence-electron chi connectivity index (χ4n) is 4.40. The monoisotopic (exact) mass is 655 g/mol. The Hall–Kier alpha value is -4.36. The lowest BCUT2D eigenvalue weighted by Crippen LogP contribution is -2.68. The molecule has 3 aliphatic heterocycles. The van der Waals surface area contributed by atoms with Gasteiger partial charge >= 0.3 is 12.1 Å². The van der Waals surface area contributed by atoms with Crippen molar-refractivity contribution >= 4 is 57.9 Å². The van der Waals surface area contributed by atoms with E-state index in [0.717, 1.165) is 10.6 Å². The molecule has 2 fully saturated rings. The van der Waals surface area contributed by atoms with Crippen molar-refractivity contribution in [3.63, 3.8) is 0 Å². The van der Waals surface area contributed by atoms with Gasteiger partial charge in [-0.1, -0.05) is 11.3 Å². The molecule has 14 nitrogen and oxygen atoms in total. The van der Waals surface area contributed by atoms with Crippen LogP contribution in [0, 0.1) is 6.92 Å². The first-order valence-corrected chi connectivity index (χ1v) is 14.5. The highest BCUT2D eigenvalue weighted by molar-refractivity contribution is 8.00. The molecule has 0 aliphatic carbocycles. The second kappa shape index (κ2) is 13.1. The molecule has 19 heteroatoms. The number of amides is 3. The van der Waals surface area contributed by atoms with Crippen LogP contribution < -0.4 is 20.7 Å². The lowest BCUT2D eigenvalue weighted by Gasteiger charge is -2.47. The van der Waals surface area contributed by atoms with Gasteiger partial charge < -0.3 is 25.6 Å². The summed E-state index contributed by atoms with van der Waals surface area (Å²) in [6, 6.07) is 2.99. The Morgan fingerprint density at radius 1 is 1.25 bits per heavy atom. The minimum absolute atomic E-state index is 0.0906. The first-order valence-electron chi connectivity index (χ1n) is 12.7. The first-order chi connectivity index (χ1) is 20.6. The van der Waals surface area contributed by atoms with Crippen LogP contribution in [0.3, 0.4) is 0 Å². The molecule has 2 atom stereocenters. The SMILES string of the molecule is Cc1nnc(NC(=O)C[n+]2ccc(CN3CC/C(=C\C4=C(C(=O)O)N5C(=O)[C@@H](N)[C@H]5SC4)C3=O)cc2)s1.O=C([O-])C(F)(F)F. The number of nitrogens with two attached hydrogens (primary N) is 1. The van der Waals surface area contributed by atoms with Crippen LogP contribution in [0.25, 0.3) is 0 Å². The fraction of sp³-hybridized carbons (Fsp3) is 0.360. The van der Waals surface area contributed by atoms with E-state index in [0.29, 0.717) is 41.5 Å². The zero-order chi connectivity index (χ0) is 32.3. The molecule has 3 amide bonds. The number of thioether (sulfide) groups is 1. The van der Waals surface area contributed by atoms with E-state index in [1.807, 2.05) is 19.1 Å². The molecule has 0 unspecified atom stereocenters. The number of aryl methyl sites for hydroxylation is 1. The Balaban J connectivity index is 0.000000566. The maximum atomic E-state index is 13.0. The lowest BCUT2D eigenvalue weighted by molar-refractivity contribution is -0.684. The van der Waals surface area contributed by atoms with Gasteiger partial charge in [0.2, 0.25) is 23.5 Å². The smallest absolute Gasteiger partial charge is 0.430 e. The van der Waals surface area contributed by atoms with E-state index in [1.165, 1.54) is 28.0 Å². The number of carboxylic acids is 2. The Kier molecular flexibility index (Phi) is 9.69. The molecule has 234 valence electrons. The quantitative estimate of drug-likeness (QED) is 0.194. The number of carboxylic acid groups (broad SMARTS) is 2. The van der Waals surface area contributed by atoms with Gasteiger partial charge in [-0.2, -0.15) is 17.7 Å². The maximum absolute atomic E-state index is 13.0. The number of β-lactam (4-membered cyclic amide) rings is 1. The predicted octanol–water partition coefficient (Wildman–Crippen LogP) is -0.689. The third-order valence-electron chi connectivity index (χ3n) is 6.47. The van der Waals surface area contributed by atoms with E-state index >= 15 is 0 Å². The largest absolute Gasteiger partial charge is 0.542 e. The number of fused-ring (bicyclic) bond motifs is 1. The summed E-state index contributed by atoms with van der Waals surface area (Å²) >= 11 is 2.70. The molecule has 0 radical (unpaired) electrons. The van der Waals surface area contributed by atoms with Gasteiger partial charge in [-0.3, -0.25) is 24.6 Å². The van der Waals surface area contributed by atoms with Crippen molar-refractivity contribution < 1.29 is 51.9 Å². The molecule has 3 aliphatic rings. The third-order valence-corrected chi connectivity index (χ3v) is 8.54. The predicted molar refractivity (Wildman–Crippen MR) is 145 cm³/mol. The third kappa shape index (κ3) is 7.40. The average molecular weight is 656 g/mol. The first kappa shape index (κ1) is 32.6. The van der Waals surface area contributed by atoms with Gasteiger partial charge in [0.25, 0.3) is 5.91 Å². The molecule has 4 N–H and O–H groups in total. The molecule has 2 aromatic rings. The zero-order valence-electron chi connectivity index (χ0n) is 22.7. The number of hydrogen-bond acceptors (Lipinski definition) is 11. The van der Waals surface area contributed by atoms with Crippen molar-refractivity contribution in [1.82, 2.24) is 20.0 Å². The van der Waals surface area contributed by atoms with Crippen LogP contribution in [0.2, 0.25) is 0 Å². The van der Waals surface area contributed by atoms with E-state index < -0.39 is 30.1 Å². The number of allylic oxidation sites excluding steroid dienone is 1. The maximum Gasteiger partial charge on any atom is 0.430 e. The average Bonchev–Trinajstić information content (AvgIpc) is 3.52. The molecule has 0 bridgehead atoms. The van der Waals surface area contributed by atoms with Crippen molar-refractivity contribution in [2.45, 2.75) is 44.0 Å². The summed E-state index contributed by atoms with van der Waals surface area (Å²) in [5, 5.41) is 29.8. The number of hydrogen-bond donors (Lipinski definition) is 3. The summed E-state index contributed by atoms with van der Waals surface area (Å²) in [4.78, 5) is 61.0. The van der Waals surface area contributed by atoms with Crippen LogP contribution in [-0.4, -0.2) is 84.7 Å². The summed E-state index contributed by atoms with van der Waals surface area (Å²) in [5.41, 5.74) is 7.56. The number of halogens is 3. The number of aliphatic carboxylic acids is 2. The zero-order valence-corrected chi connectivity index (χ0v) is 24.4. The van der Waals surface area contributed by atoms with Crippen molar-refractivity contribution in [2.24, 2.45) is 5.73 Å². The Labute approximate surface area is 255 Å². The minimum atomic E-state index is -5.19. The Morgan fingerprint density at radius 2 is 1.91 bits per heavy atom. The molecule has 2 saturated heterocycles. The molecule has 44 heavy (non-hydrogen) atoms. The summed E-state index contributed by atoms with van der Waals surface area (Å²) in [7, 11) is 0. The minimum Gasteiger partial charge on any atom is -0.542 e. The van der Waals surface area contributed by atoms with Crippen molar-refractivity contribution in [3.05, 3.63) is 58.0 Å². The molecule has 5 rings (SSSR count). The Bertz CT molecular complexity index is 1560.